The highest BCUT2D eigenvalue weighted by atomic mass is 19.4. The van der Waals surface area contributed by atoms with Gasteiger partial charge < -0.3 is 14.6 Å². The number of esters is 2. The van der Waals surface area contributed by atoms with Crippen LogP contribution >= 0.6 is 0 Å². The Labute approximate surface area is 126 Å². The van der Waals surface area contributed by atoms with E-state index in [1.807, 2.05) is 0 Å². The van der Waals surface area contributed by atoms with Gasteiger partial charge in [0.05, 0.1) is 6.61 Å². The van der Waals surface area contributed by atoms with Crippen molar-refractivity contribution in [1.82, 2.24) is 0 Å². The van der Waals surface area contributed by atoms with Crippen molar-refractivity contribution in [2.75, 3.05) is 6.61 Å². The number of aliphatic hydroxyl groups is 1. The number of halogens is 6. The SMILES string of the molecule is CCC(C)(C(=O)OC1CCOC1=O)C(O)(C(F)(F)F)C(F)(F)F. The molecule has 0 aromatic rings. The van der Waals surface area contributed by atoms with Crippen molar-refractivity contribution in [2.24, 2.45) is 5.41 Å². The Morgan fingerprint density at radius 3 is 2.04 bits per heavy atom. The monoisotopic (exact) mass is 352 g/mol. The van der Waals surface area contributed by atoms with Crippen molar-refractivity contribution < 1.29 is 50.5 Å². The summed E-state index contributed by atoms with van der Waals surface area (Å²) in [5, 5.41) is 9.45. The maximum atomic E-state index is 13.0. The minimum Gasteiger partial charge on any atom is -0.463 e. The number of rotatable bonds is 4. The van der Waals surface area contributed by atoms with E-state index in [0.29, 0.717) is 0 Å². The number of hydrogen-bond donors (Lipinski definition) is 1. The maximum Gasteiger partial charge on any atom is 0.427 e. The zero-order valence-corrected chi connectivity index (χ0v) is 12.0. The van der Waals surface area contributed by atoms with E-state index in [-0.39, 0.29) is 20.0 Å². The van der Waals surface area contributed by atoms with Crippen LogP contribution in [0.1, 0.15) is 26.7 Å². The molecule has 1 heterocycles. The van der Waals surface area contributed by atoms with Crippen LogP contribution in [0.3, 0.4) is 0 Å². The first-order valence-corrected chi connectivity index (χ1v) is 6.46. The predicted molar refractivity (Wildman–Crippen MR) is 60.9 cm³/mol. The van der Waals surface area contributed by atoms with Gasteiger partial charge in [0.2, 0.25) is 6.10 Å². The van der Waals surface area contributed by atoms with Crippen LogP contribution in [-0.2, 0) is 19.1 Å². The minimum atomic E-state index is -6.19. The van der Waals surface area contributed by atoms with E-state index in [4.69, 9.17) is 0 Å². The van der Waals surface area contributed by atoms with Crippen LogP contribution in [0.5, 0.6) is 0 Å². The lowest BCUT2D eigenvalue weighted by atomic mass is 9.70. The number of cyclic esters (lactones) is 1. The summed E-state index contributed by atoms with van der Waals surface area (Å²) in [6.45, 7) is 0.968. The molecule has 0 aromatic heterocycles. The molecular weight excluding hydrogens is 338 g/mol. The number of ether oxygens (including phenoxy) is 2. The van der Waals surface area contributed by atoms with Crippen molar-refractivity contribution in [1.29, 1.82) is 0 Å². The van der Waals surface area contributed by atoms with Gasteiger partial charge in [0.1, 0.15) is 5.41 Å². The Bertz CT molecular complexity index is 471. The first-order chi connectivity index (χ1) is 10.2. The average molecular weight is 352 g/mol. The third-order valence-corrected chi connectivity index (χ3v) is 3.91. The molecule has 2 atom stereocenters. The molecule has 1 fully saturated rings. The molecule has 0 amide bonds. The van der Waals surface area contributed by atoms with Gasteiger partial charge in [-0.3, -0.25) is 4.79 Å². The smallest absolute Gasteiger partial charge is 0.427 e. The number of hydrogen-bond acceptors (Lipinski definition) is 5. The molecule has 134 valence electrons. The van der Waals surface area contributed by atoms with E-state index >= 15 is 0 Å². The molecule has 0 aliphatic carbocycles. The summed E-state index contributed by atoms with van der Waals surface area (Å²) in [5.74, 6) is -3.06. The van der Waals surface area contributed by atoms with Gasteiger partial charge in [-0.15, -0.1) is 0 Å². The first-order valence-electron chi connectivity index (χ1n) is 6.46. The van der Waals surface area contributed by atoms with Gasteiger partial charge in [-0.2, -0.15) is 26.3 Å². The van der Waals surface area contributed by atoms with E-state index < -0.39 is 47.8 Å². The maximum absolute atomic E-state index is 13.0. The molecule has 0 spiro atoms. The summed E-state index contributed by atoms with van der Waals surface area (Å²) in [4.78, 5) is 23.1. The molecule has 0 aromatic carbocycles. The van der Waals surface area contributed by atoms with Crippen LogP contribution in [0.25, 0.3) is 0 Å². The normalized spacial score (nSPS) is 22.5. The van der Waals surface area contributed by atoms with Crippen LogP contribution in [-0.4, -0.2) is 47.7 Å². The van der Waals surface area contributed by atoms with E-state index in [9.17, 15) is 41.0 Å². The Hall–Kier alpha value is -1.52. The topological polar surface area (TPSA) is 72.8 Å². The van der Waals surface area contributed by atoms with Crippen molar-refractivity contribution in [3.8, 4) is 0 Å². The quantitative estimate of drug-likeness (QED) is 0.620. The predicted octanol–water partition coefficient (Wildman–Crippen LogP) is 2.12. The summed E-state index contributed by atoms with van der Waals surface area (Å²) < 4.78 is 86.6. The fraction of sp³-hybridized carbons (Fsp3) is 0.833. The highest BCUT2D eigenvalue weighted by molar-refractivity contribution is 5.84. The zero-order valence-electron chi connectivity index (χ0n) is 12.0. The van der Waals surface area contributed by atoms with Gasteiger partial charge in [-0.1, -0.05) is 6.92 Å². The van der Waals surface area contributed by atoms with Crippen LogP contribution in [0.15, 0.2) is 0 Å². The number of carbonyl (C=O) groups is 2. The van der Waals surface area contributed by atoms with Crippen molar-refractivity contribution >= 4 is 11.9 Å². The molecule has 5 nitrogen and oxygen atoms in total. The van der Waals surface area contributed by atoms with Crippen LogP contribution in [0, 0.1) is 5.41 Å². The van der Waals surface area contributed by atoms with Crippen LogP contribution in [0.4, 0.5) is 26.3 Å². The average Bonchev–Trinajstić information content (AvgIpc) is 2.79. The highest BCUT2D eigenvalue weighted by Gasteiger charge is 2.80. The Kier molecular flexibility index (Phi) is 4.96. The lowest BCUT2D eigenvalue weighted by molar-refractivity contribution is -0.398. The van der Waals surface area contributed by atoms with Gasteiger partial charge in [-0.25, -0.2) is 4.79 Å². The standard InChI is InChI=1S/C12H14F6O5/c1-3-9(2,8(20)23-6-4-5-22-7(6)19)10(21,11(13,14)15)12(16,17)18/h6,21H,3-5H2,1-2H3. The van der Waals surface area contributed by atoms with E-state index in [2.05, 4.69) is 9.47 Å². The highest BCUT2D eigenvalue weighted by Crippen LogP contribution is 2.55. The second kappa shape index (κ2) is 5.84. The number of carbonyl (C=O) groups excluding carboxylic acids is 2. The molecule has 0 radical (unpaired) electrons. The summed E-state index contributed by atoms with van der Waals surface area (Å²) in [6.07, 6.45) is -15.2. The molecule has 11 heteroatoms. The molecule has 1 aliphatic heterocycles. The second-order valence-corrected chi connectivity index (χ2v) is 5.24. The number of alkyl halides is 6. The van der Waals surface area contributed by atoms with Gasteiger partial charge >= 0.3 is 24.3 Å². The molecule has 0 bridgehead atoms. The Morgan fingerprint density at radius 1 is 1.26 bits per heavy atom. The van der Waals surface area contributed by atoms with Gasteiger partial charge in [0.25, 0.3) is 5.60 Å². The van der Waals surface area contributed by atoms with E-state index in [1.54, 1.807) is 0 Å². The van der Waals surface area contributed by atoms with Gasteiger partial charge in [0.15, 0.2) is 0 Å². The van der Waals surface area contributed by atoms with Gasteiger partial charge in [0, 0.05) is 6.42 Å². The first kappa shape index (κ1) is 19.5. The Balaban J connectivity index is 3.28. The summed E-state index contributed by atoms with van der Waals surface area (Å²) >= 11 is 0. The summed E-state index contributed by atoms with van der Waals surface area (Å²) in [7, 11) is 0. The summed E-state index contributed by atoms with van der Waals surface area (Å²) in [6, 6.07) is 0. The van der Waals surface area contributed by atoms with Crippen molar-refractivity contribution in [3.63, 3.8) is 0 Å². The van der Waals surface area contributed by atoms with Gasteiger partial charge in [-0.05, 0) is 13.3 Å². The third kappa shape index (κ3) is 2.98. The molecular formula is C12H14F6O5. The Morgan fingerprint density at radius 2 is 1.74 bits per heavy atom. The van der Waals surface area contributed by atoms with E-state index in [0.717, 1.165) is 6.92 Å². The van der Waals surface area contributed by atoms with Crippen molar-refractivity contribution in [2.45, 2.75) is 50.7 Å². The molecule has 1 saturated heterocycles. The lowest BCUT2D eigenvalue weighted by Crippen LogP contribution is -2.68. The zero-order chi connectivity index (χ0) is 18.3. The fourth-order valence-corrected chi connectivity index (χ4v) is 2.18. The van der Waals surface area contributed by atoms with Crippen LogP contribution < -0.4 is 0 Å². The minimum absolute atomic E-state index is 0.178. The molecule has 2 unspecified atom stereocenters. The largest absolute Gasteiger partial charge is 0.463 e. The lowest BCUT2D eigenvalue weighted by Gasteiger charge is -2.44. The second-order valence-electron chi connectivity index (χ2n) is 5.24. The molecule has 1 N–H and O–H groups in total. The third-order valence-electron chi connectivity index (χ3n) is 3.91. The van der Waals surface area contributed by atoms with E-state index in [1.165, 1.54) is 0 Å². The summed E-state index contributed by atoms with van der Waals surface area (Å²) in [5.41, 5.74) is -8.73. The molecule has 0 saturated carbocycles. The fourth-order valence-electron chi connectivity index (χ4n) is 2.18. The molecule has 23 heavy (non-hydrogen) atoms. The van der Waals surface area contributed by atoms with Crippen LogP contribution in [0.2, 0.25) is 0 Å². The molecule has 1 aliphatic rings. The molecule has 1 rings (SSSR count). The van der Waals surface area contributed by atoms with Crippen molar-refractivity contribution in [3.05, 3.63) is 0 Å².